The second kappa shape index (κ2) is 6.72. The lowest BCUT2D eigenvalue weighted by Gasteiger charge is -2.07. The number of aryl methyl sites for hydroxylation is 1. The first-order valence-electron chi connectivity index (χ1n) is 7.46. The van der Waals surface area contributed by atoms with E-state index in [-0.39, 0.29) is 11.4 Å². The highest BCUT2D eigenvalue weighted by Gasteiger charge is 2.16. The fourth-order valence-corrected chi connectivity index (χ4v) is 2.44. The van der Waals surface area contributed by atoms with Crippen LogP contribution in [0.1, 0.15) is 16.2 Å². The Bertz CT molecular complexity index is 900. The van der Waals surface area contributed by atoms with Crippen molar-refractivity contribution in [3.8, 4) is 11.4 Å². The fraction of sp³-hybridized carbons (Fsp3) is 0.111. The number of halogens is 2. The molecule has 0 spiro atoms. The van der Waals surface area contributed by atoms with E-state index in [0.717, 1.165) is 23.5 Å². The second-order valence-electron chi connectivity index (χ2n) is 5.35. The molecule has 1 heterocycles. The van der Waals surface area contributed by atoms with Gasteiger partial charge in [0, 0.05) is 23.5 Å². The SMILES string of the molecule is COc1c(F)cc(NC(=O)c2cc(C)n(-c3ccccc3)n2)cc1F. The van der Waals surface area contributed by atoms with Crippen LogP contribution < -0.4 is 10.1 Å². The molecule has 3 aromatic rings. The molecule has 1 aromatic heterocycles. The summed E-state index contributed by atoms with van der Waals surface area (Å²) < 4.78 is 33.7. The molecule has 0 saturated heterocycles. The Kier molecular flexibility index (Phi) is 4.47. The zero-order chi connectivity index (χ0) is 18.0. The van der Waals surface area contributed by atoms with Crippen molar-refractivity contribution in [2.24, 2.45) is 0 Å². The number of carbonyl (C=O) groups is 1. The lowest BCUT2D eigenvalue weighted by molar-refractivity contribution is 0.102. The van der Waals surface area contributed by atoms with Crippen molar-refractivity contribution in [2.75, 3.05) is 12.4 Å². The molecule has 0 aliphatic carbocycles. The molecule has 0 saturated carbocycles. The van der Waals surface area contributed by atoms with E-state index in [1.165, 1.54) is 7.11 Å². The standard InChI is InChI=1S/C18H15F2N3O2/c1-11-8-16(22-23(11)13-6-4-3-5-7-13)18(24)21-12-9-14(19)17(25-2)15(20)10-12/h3-10H,1-2H3,(H,21,24). The third kappa shape index (κ3) is 3.35. The topological polar surface area (TPSA) is 56.1 Å². The van der Waals surface area contributed by atoms with Crippen LogP contribution >= 0.6 is 0 Å². The maximum absolute atomic E-state index is 13.7. The van der Waals surface area contributed by atoms with Crippen molar-refractivity contribution in [3.63, 3.8) is 0 Å². The molecule has 0 atom stereocenters. The smallest absolute Gasteiger partial charge is 0.276 e. The zero-order valence-corrected chi connectivity index (χ0v) is 13.6. The number of carbonyl (C=O) groups excluding carboxylic acids is 1. The first kappa shape index (κ1) is 16.6. The number of methoxy groups -OCH3 is 1. The van der Waals surface area contributed by atoms with Crippen LogP contribution in [0.15, 0.2) is 48.5 Å². The number of anilines is 1. The minimum atomic E-state index is -0.899. The van der Waals surface area contributed by atoms with Gasteiger partial charge < -0.3 is 10.1 Å². The first-order valence-corrected chi connectivity index (χ1v) is 7.46. The van der Waals surface area contributed by atoms with Crippen LogP contribution in [0, 0.1) is 18.6 Å². The summed E-state index contributed by atoms with van der Waals surface area (Å²) in [7, 11) is 1.17. The van der Waals surface area contributed by atoms with E-state index in [4.69, 9.17) is 0 Å². The Morgan fingerprint density at radius 1 is 1.12 bits per heavy atom. The number of rotatable bonds is 4. The van der Waals surface area contributed by atoms with Crippen molar-refractivity contribution in [1.82, 2.24) is 9.78 Å². The van der Waals surface area contributed by atoms with Gasteiger partial charge in [-0.2, -0.15) is 5.10 Å². The summed E-state index contributed by atoms with van der Waals surface area (Å²) in [6.07, 6.45) is 0. The van der Waals surface area contributed by atoms with Gasteiger partial charge in [-0.15, -0.1) is 0 Å². The van der Waals surface area contributed by atoms with Crippen LogP contribution in [0.2, 0.25) is 0 Å². The van der Waals surface area contributed by atoms with Crippen LogP contribution in [-0.4, -0.2) is 22.8 Å². The van der Waals surface area contributed by atoms with Crippen LogP contribution in [-0.2, 0) is 0 Å². The van der Waals surface area contributed by atoms with Gasteiger partial charge in [0.1, 0.15) is 0 Å². The Morgan fingerprint density at radius 3 is 2.36 bits per heavy atom. The summed E-state index contributed by atoms with van der Waals surface area (Å²) in [5.74, 6) is -2.86. The maximum Gasteiger partial charge on any atom is 0.276 e. The molecule has 0 aliphatic heterocycles. The normalized spacial score (nSPS) is 10.6. The Balaban J connectivity index is 1.85. The largest absolute Gasteiger partial charge is 0.491 e. The molecule has 1 N–H and O–H groups in total. The predicted molar refractivity (Wildman–Crippen MR) is 89.2 cm³/mol. The van der Waals surface area contributed by atoms with Gasteiger partial charge in [0.15, 0.2) is 23.1 Å². The molecule has 0 bridgehead atoms. The second-order valence-corrected chi connectivity index (χ2v) is 5.35. The summed E-state index contributed by atoms with van der Waals surface area (Å²) in [6, 6.07) is 12.9. The molecule has 0 fully saturated rings. The molecule has 0 aliphatic rings. The van der Waals surface area contributed by atoms with Crippen LogP contribution in [0.3, 0.4) is 0 Å². The molecule has 25 heavy (non-hydrogen) atoms. The van der Waals surface area contributed by atoms with Gasteiger partial charge in [0.05, 0.1) is 12.8 Å². The van der Waals surface area contributed by atoms with E-state index in [0.29, 0.717) is 0 Å². The lowest BCUT2D eigenvalue weighted by Crippen LogP contribution is -2.13. The Morgan fingerprint density at radius 2 is 1.76 bits per heavy atom. The van der Waals surface area contributed by atoms with Gasteiger partial charge in [-0.1, -0.05) is 18.2 Å². The third-order valence-corrected chi connectivity index (χ3v) is 3.58. The monoisotopic (exact) mass is 343 g/mol. The molecule has 5 nitrogen and oxygen atoms in total. The molecule has 3 rings (SSSR count). The average molecular weight is 343 g/mol. The summed E-state index contributed by atoms with van der Waals surface area (Å²) in [4.78, 5) is 12.3. The van der Waals surface area contributed by atoms with Gasteiger partial charge in [-0.3, -0.25) is 4.79 Å². The van der Waals surface area contributed by atoms with Gasteiger partial charge in [0.2, 0.25) is 0 Å². The van der Waals surface area contributed by atoms with Crippen molar-refractivity contribution in [2.45, 2.75) is 6.92 Å². The molecule has 2 aromatic carbocycles. The highest BCUT2D eigenvalue weighted by atomic mass is 19.1. The zero-order valence-electron chi connectivity index (χ0n) is 13.6. The van der Waals surface area contributed by atoms with E-state index in [1.54, 1.807) is 10.7 Å². The number of nitrogens with zero attached hydrogens (tertiary/aromatic N) is 2. The summed E-state index contributed by atoms with van der Waals surface area (Å²) >= 11 is 0. The van der Waals surface area contributed by atoms with Crippen LogP contribution in [0.5, 0.6) is 5.75 Å². The third-order valence-electron chi connectivity index (χ3n) is 3.58. The fourth-order valence-electron chi connectivity index (χ4n) is 2.44. The van der Waals surface area contributed by atoms with Gasteiger partial charge in [0.25, 0.3) is 5.91 Å². The van der Waals surface area contributed by atoms with Crippen molar-refractivity contribution in [1.29, 1.82) is 0 Å². The van der Waals surface area contributed by atoms with Gasteiger partial charge in [-0.05, 0) is 25.1 Å². The Labute approximate surface area is 142 Å². The number of aromatic nitrogens is 2. The molecule has 7 heteroatoms. The maximum atomic E-state index is 13.7. The molecule has 128 valence electrons. The number of para-hydroxylation sites is 1. The van der Waals surface area contributed by atoms with E-state index >= 15 is 0 Å². The van der Waals surface area contributed by atoms with Gasteiger partial charge >= 0.3 is 0 Å². The van der Waals surface area contributed by atoms with E-state index in [1.807, 2.05) is 37.3 Å². The van der Waals surface area contributed by atoms with Crippen LogP contribution in [0.25, 0.3) is 5.69 Å². The minimum absolute atomic E-state index is 0.0206. The number of hydrogen-bond donors (Lipinski definition) is 1. The number of benzene rings is 2. The first-order chi connectivity index (χ1) is 12.0. The summed E-state index contributed by atoms with van der Waals surface area (Å²) in [5.41, 5.74) is 1.68. The predicted octanol–water partition coefficient (Wildman–Crippen LogP) is 3.72. The number of ether oxygens (including phenoxy) is 1. The number of amides is 1. The van der Waals surface area contributed by atoms with Crippen LogP contribution in [0.4, 0.5) is 14.5 Å². The highest BCUT2D eigenvalue weighted by molar-refractivity contribution is 6.03. The van der Waals surface area contributed by atoms with Gasteiger partial charge in [-0.25, -0.2) is 13.5 Å². The average Bonchev–Trinajstić information content (AvgIpc) is 2.97. The molecular formula is C18H15F2N3O2. The highest BCUT2D eigenvalue weighted by Crippen LogP contribution is 2.25. The minimum Gasteiger partial charge on any atom is -0.491 e. The Hall–Kier alpha value is -3.22. The summed E-state index contributed by atoms with van der Waals surface area (Å²) in [6.45, 7) is 1.81. The molecular weight excluding hydrogens is 328 g/mol. The number of hydrogen-bond acceptors (Lipinski definition) is 3. The van der Waals surface area contributed by atoms with Crippen molar-refractivity contribution in [3.05, 3.63) is 71.6 Å². The summed E-state index contributed by atoms with van der Waals surface area (Å²) in [5, 5.41) is 6.68. The molecule has 1 amide bonds. The van der Waals surface area contributed by atoms with E-state index in [9.17, 15) is 13.6 Å². The lowest BCUT2D eigenvalue weighted by atomic mass is 10.2. The van der Waals surface area contributed by atoms with Crippen molar-refractivity contribution >= 4 is 11.6 Å². The van der Waals surface area contributed by atoms with E-state index < -0.39 is 23.3 Å². The molecule has 0 unspecified atom stereocenters. The van der Waals surface area contributed by atoms with E-state index in [2.05, 4.69) is 15.2 Å². The quantitative estimate of drug-likeness (QED) is 0.785. The number of nitrogens with one attached hydrogen (secondary N) is 1. The van der Waals surface area contributed by atoms with Crippen molar-refractivity contribution < 1.29 is 18.3 Å². The molecule has 0 radical (unpaired) electrons.